The normalized spacial score (nSPS) is 10.3. The van der Waals surface area contributed by atoms with E-state index in [0.717, 1.165) is 28.6 Å². The molecule has 2 N–H and O–H groups in total. The van der Waals surface area contributed by atoms with Crippen LogP contribution in [0.1, 0.15) is 11.3 Å². The fraction of sp³-hybridized carbons (Fsp3) is 0.158. The first kappa shape index (κ1) is 15.8. The van der Waals surface area contributed by atoms with Crippen LogP contribution in [-0.2, 0) is 0 Å². The Morgan fingerprint density at radius 1 is 0.833 bits per heavy atom. The van der Waals surface area contributed by atoms with Crippen LogP contribution in [0.5, 0.6) is 5.75 Å². The lowest BCUT2D eigenvalue weighted by Crippen LogP contribution is -2.02. The van der Waals surface area contributed by atoms with Gasteiger partial charge in [-0.2, -0.15) is 4.98 Å². The van der Waals surface area contributed by atoms with Crippen molar-refractivity contribution >= 4 is 23.1 Å². The number of aromatic nitrogens is 2. The Labute approximate surface area is 141 Å². The molecule has 1 heterocycles. The standard InChI is InChI=1S/C19H20N4O/c1-13-5-4-6-16(11-13)22-19-20-14(2)12-18(23-19)21-15-7-9-17(24-3)10-8-15/h4-12H,1-3H3,(H2,20,21,22,23). The van der Waals surface area contributed by atoms with Crippen molar-refractivity contribution in [1.29, 1.82) is 0 Å². The third-order valence-electron chi connectivity index (χ3n) is 3.49. The van der Waals surface area contributed by atoms with Gasteiger partial charge in [-0.3, -0.25) is 0 Å². The molecular formula is C19H20N4O. The first-order valence-corrected chi connectivity index (χ1v) is 7.73. The van der Waals surface area contributed by atoms with Gasteiger partial charge in [-0.25, -0.2) is 4.98 Å². The number of aryl methyl sites for hydroxylation is 2. The molecule has 0 unspecified atom stereocenters. The molecule has 0 fully saturated rings. The second kappa shape index (κ2) is 7.00. The molecule has 0 radical (unpaired) electrons. The SMILES string of the molecule is COc1ccc(Nc2cc(C)nc(Nc3cccc(C)c3)n2)cc1. The monoisotopic (exact) mass is 320 g/mol. The summed E-state index contributed by atoms with van der Waals surface area (Å²) < 4.78 is 5.17. The number of hydrogen-bond donors (Lipinski definition) is 2. The van der Waals surface area contributed by atoms with Gasteiger partial charge in [0.05, 0.1) is 7.11 Å². The molecule has 0 atom stereocenters. The van der Waals surface area contributed by atoms with E-state index < -0.39 is 0 Å². The van der Waals surface area contributed by atoms with Crippen molar-refractivity contribution < 1.29 is 4.74 Å². The van der Waals surface area contributed by atoms with Crippen LogP contribution in [0.15, 0.2) is 54.6 Å². The summed E-state index contributed by atoms with van der Waals surface area (Å²) in [6, 6.07) is 17.7. The fourth-order valence-electron chi connectivity index (χ4n) is 2.36. The molecule has 0 bridgehead atoms. The van der Waals surface area contributed by atoms with Gasteiger partial charge >= 0.3 is 0 Å². The Bertz CT molecular complexity index is 831. The van der Waals surface area contributed by atoms with Gasteiger partial charge in [0.2, 0.25) is 5.95 Å². The molecule has 0 aliphatic rings. The van der Waals surface area contributed by atoms with E-state index in [1.807, 2.05) is 49.4 Å². The van der Waals surface area contributed by atoms with Crippen LogP contribution in [0.4, 0.5) is 23.1 Å². The number of nitrogens with zero attached hydrogens (tertiary/aromatic N) is 2. The number of anilines is 4. The van der Waals surface area contributed by atoms with Crippen molar-refractivity contribution in [3.8, 4) is 5.75 Å². The van der Waals surface area contributed by atoms with Crippen LogP contribution >= 0.6 is 0 Å². The lowest BCUT2D eigenvalue weighted by atomic mass is 10.2. The van der Waals surface area contributed by atoms with E-state index in [2.05, 4.69) is 39.7 Å². The third-order valence-corrected chi connectivity index (χ3v) is 3.49. The number of nitrogens with one attached hydrogen (secondary N) is 2. The summed E-state index contributed by atoms with van der Waals surface area (Å²) in [4.78, 5) is 8.98. The zero-order valence-corrected chi connectivity index (χ0v) is 14.0. The summed E-state index contributed by atoms with van der Waals surface area (Å²) in [5, 5.41) is 6.53. The molecular weight excluding hydrogens is 300 g/mol. The molecule has 0 saturated heterocycles. The Kier molecular flexibility index (Phi) is 4.61. The minimum absolute atomic E-state index is 0.566. The third kappa shape index (κ3) is 4.01. The molecule has 122 valence electrons. The highest BCUT2D eigenvalue weighted by molar-refractivity contribution is 5.61. The first-order chi connectivity index (χ1) is 11.6. The summed E-state index contributed by atoms with van der Waals surface area (Å²) >= 11 is 0. The molecule has 1 aromatic heterocycles. The summed E-state index contributed by atoms with van der Waals surface area (Å²) in [7, 11) is 1.65. The highest BCUT2D eigenvalue weighted by atomic mass is 16.5. The Morgan fingerprint density at radius 3 is 2.33 bits per heavy atom. The Balaban J connectivity index is 1.80. The van der Waals surface area contributed by atoms with E-state index in [1.54, 1.807) is 7.11 Å². The van der Waals surface area contributed by atoms with Crippen molar-refractivity contribution in [2.24, 2.45) is 0 Å². The first-order valence-electron chi connectivity index (χ1n) is 7.73. The number of ether oxygens (including phenoxy) is 1. The maximum Gasteiger partial charge on any atom is 0.229 e. The molecule has 0 saturated carbocycles. The van der Waals surface area contributed by atoms with Gasteiger partial charge in [-0.15, -0.1) is 0 Å². The predicted octanol–water partition coefficient (Wildman–Crippen LogP) is 4.59. The molecule has 0 spiro atoms. The highest BCUT2D eigenvalue weighted by Gasteiger charge is 2.04. The highest BCUT2D eigenvalue weighted by Crippen LogP contribution is 2.21. The van der Waals surface area contributed by atoms with Gasteiger partial charge in [-0.05, 0) is 55.8 Å². The topological polar surface area (TPSA) is 59.1 Å². The number of methoxy groups -OCH3 is 1. The van der Waals surface area contributed by atoms with E-state index >= 15 is 0 Å². The lowest BCUT2D eigenvalue weighted by Gasteiger charge is -2.10. The van der Waals surface area contributed by atoms with Crippen LogP contribution in [0.3, 0.4) is 0 Å². The van der Waals surface area contributed by atoms with E-state index in [-0.39, 0.29) is 0 Å². The second-order valence-corrected chi connectivity index (χ2v) is 5.57. The van der Waals surface area contributed by atoms with Crippen LogP contribution < -0.4 is 15.4 Å². The van der Waals surface area contributed by atoms with Gasteiger partial charge < -0.3 is 15.4 Å². The van der Waals surface area contributed by atoms with Crippen molar-refractivity contribution in [3.63, 3.8) is 0 Å². The van der Waals surface area contributed by atoms with Crippen molar-refractivity contribution in [1.82, 2.24) is 9.97 Å². The average Bonchev–Trinajstić information content (AvgIpc) is 2.55. The molecule has 5 heteroatoms. The van der Waals surface area contributed by atoms with Crippen LogP contribution in [0.25, 0.3) is 0 Å². The van der Waals surface area contributed by atoms with E-state index in [4.69, 9.17) is 4.74 Å². The van der Waals surface area contributed by atoms with Gasteiger partial charge in [0.1, 0.15) is 11.6 Å². The number of hydrogen-bond acceptors (Lipinski definition) is 5. The smallest absolute Gasteiger partial charge is 0.229 e. The molecule has 0 amide bonds. The Morgan fingerprint density at radius 2 is 1.62 bits per heavy atom. The quantitative estimate of drug-likeness (QED) is 0.720. The van der Waals surface area contributed by atoms with Crippen molar-refractivity contribution in [2.45, 2.75) is 13.8 Å². The van der Waals surface area contributed by atoms with E-state index in [9.17, 15) is 0 Å². The van der Waals surface area contributed by atoms with E-state index in [0.29, 0.717) is 5.95 Å². The van der Waals surface area contributed by atoms with Gasteiger partial charge in [0.25, 0.3) is 0 Å². The average molecular weight is 320 g/mol. The second-order valence-electron chi connectivity index (χ2n) is 5.57. The molecule has 0 aliphatic heterocycles. The minimum Gasteiger partial charge on any atom is -0.497 e. The molecule has 24 heavy (non-hydrogen) atoms. The summed E-state index contributed by atoms with van der Waals surface area (Å²) in [6.07, 6.45) is 0. The zero-order valence-electron chi connectivity index (χ0n) is 14.0. The van der Waals surface area contributed by atoms with Crippen LogP contribution in [-0.4, -0.2) is 17.1 Å². The van der Waals surface area contributed by atoms with Gasteiger partial charge in [0.15, 0.2) is 0 Å². The maximum absolute atomic E-state index is 5.17. The van der Waals surface area contributed by atoms with Gasteiger partial charge in [-0.1, -0.05) is 12.1 Å². The van der Waals surface area contributed by atoms with Crippen LogP contribution in [0.2, 0.25) is 0 Å². The van der Waals surface area contributed by atoms with E-state index in [1.165, 1.54) is 5.56 Å². The molecule has 3 aromatic rings. The zero-order chi connectivity index (χ0) is 16.9. The molecule has 0 aliphatic carbocycles. The maximum atomic E-state index is 5.17. The largest absolute Gasteiger partial charge is 0.497 e. The van der Waals surface area contributed by atoms with Gasteiger partial charge in [0, 0.05) is 23.1 Å². The molecule has 5 nitrogen and oxygen atoms in total. The molecule has 3 rings (SSSR count). The summed E-state index contributed by atoms with van der Waals surface area (Å²) in [6.45, 7) is 4.00. The lowest BCUT2D eigenvalue weighted by molar-refractivity contribution is 0.415. The minimum atomic E-state index is 0.566. The number of rotatable bonds is 5. The van der Waals surface area contributed by atoms with Crippen molar-refractivity contribution in [3.05, 3.63) is 65.9 Å². The van der Waals surface area contributed by atoms with Crippen molar-refractivity contribution in [2.75, 3.05) is 17.7 Å². The summed E-state index contributed by atoms with van der Waals surface area (Å²) in [5.41, 5.74) is 3.98. The molecule has 2 aromatic carbocycles. The predicted molar refractivity (Wildman–Crippen MR) is 97.5 cm³/mol. The summed E-state index contributed by atoms with van der Waals surface area (Å²) in [5.74, 6) is 2.13. The Hall–Kier alpha value is -3.08. The van der Waals surface area contributed by atoms with Crippen LogP contribution in [0, 0.1) is 13.8 Å². The number of benzene rings is 2. The fourth-order valence-corrected chi connectivity index (χ4v) is 2.36.